The fourth-order valence-corrected chi connectivity index (χ4v) is 4.29. The van der Waals surface area contributed by atoms with Gasteiger partial charge in [-0.05, 0) is 46.7 Å². The summed E-state index contributed by atoms with van der Waals surface area (Å²) in [6, 6.07) is 13.3. The van der Waals surface area contributed by atoms with Crippen LogP contribution in [-0.4, -0.2) is 57.6 Å². The summed E-state index contributed by atoms with van der Waals surface area (Å²) < 4.78 is 12.4. The predicted octanol–water partition coefficient (Wildman–Crippen LogP) is 3.45. The minimum absolute atomic E-state index is 0.131. The van der Waals surface area contributed by atoms with Crippen LogP contribution < -0.4 is 14.8 Å². The van der Waals surface area contributed by atoms with Gasteiger partial charge in [0, 0.05) is 12.8 Å². The molecule has 1 atom stereocenters. The zero-order valence-electron chi connectivity index (χ0n) is 19.3. The molecule has 2 heterocycles. The van der Waals surface area contributed by atoms with E-state index < -0.39 is 0 Å². The Bertz CT molecular complexity index is 1250. The quantitative estimate of drug-likeness (QED) is 0.516. The van der Waals surface area contributed by atoms with E-state index in [0.717, 1.165) is 17.0 Å². The van der Waals surface area contributed by atoms with Crippen LogP contribution in [0.1, 0.15) is 24.8 Å². The number of para-hydroxylation sites is 2. The fraction of sp³-hybridized carbons (Fsp3) is 0.304. The standard InChI is InChI=1S/C23H25N7O3S/c1-5-15-21(14-10-11-18(32-3)19(12-14)33-4)22(25-17-9-7-6-8-16(17)24-15)26-20(31)13-34-23-27-28-29-30(23)2/h6-12,21H,5,13H2,1-4H3,(H,25,26,31). The lowest BCUT2D eigenvalue weighted by molar-refractivity contribution is -0.117. The molecule has 1 aliphatic heterocycles. The molecule has 3 aromatic rings. The summed E-state index contributed by atoms with van der Waals surface area (Å²) in [6.45, 7) is 2.04. The van der Waals surface area contributed by atoms with Crippen molar-refractivity contribution in [3.8, 4) is 11.5 Å². The lowest BCUT2D eigenvalue weighted by Crippen LogP contribution is -2.38. The van der Waals surface area contributed by atoms with Gasteiger partial charge in [-0.1, -0.05) is 36.9 Å². The number of amides is 1. The molecule has 2 aromatic carbocycles. The van der Waals surface area contributed by atoms with Crippen molar-refractivity contribution in [1.82, 2.24) is 25.5 Å². The van der Waals surface area contributed by atoms with E-state index >= 15 is 0 Å². The first-order chi connectivity index (χ1) is 16.5. The number of aryl methyl sites for hydroxylation is 1. The molecule has 176 valence electrons. The van der Waals surface area contributed by atoms with E-state index in [9.17, 15) is 4.79 Å². The maximum atomic E-state index is 13.0. The average molecular weight is 480 g/mol. The number of tetrazole rings is 1. The molecule has 0 aliphatic carbocycles. The summed E-state index contributed by atoms with van der Waals surface area (Å²) in [4.78, 5) is 22.7. The molecule has 0 fully saturated rings. The molecule has 0 saturated carbocycles. The van der Waals surface area contributed by atoms with Gasteiger partial charge < -0.3 is 14.8 Å². The highest BCUT2D eigenvalue weighted by molar-refractivity contribution is 7.99. The second kappa shape index (κ2) is 10.5. The van der Waals surface area contributed by atoms with Gasteiger partial charge in [-0.2, -0.15) is 0 Å². The van der Waals surface area contributed by atoms with E-state index in [1.807, 2.05) is 49.4 Å². The Morgan fingerprint density at radius 3 is 2.47 bits per heavy atom. The molecular formula is C23H25N7O3S. The zero-order valence-corrected chi connectivity index (χ0v) is 20.2. The molecular weight excluding hydrogens is 454 g/mol. The van der Waals surface area contributed by atoms with Crippen molar-refractivity contribution in [2.45, 2.75) is 24.4 Å². The monoisotopic (exact) mass is 479 g/mol. The molecule has 10 nitrogen and oxygen atoms in total. The minimum Gasteiger partial charge on any atom is -0.493 e. The third-order valence-corrected chi connectivity index (χ3v) is 6.29. The number of nitrogens with one attached hydrogen (secondary N) is 1. The first-order valence-corrected chi connectivity index (χ1v) is 11.6. The Balaban J connectivity index is 1.72. The van der Waals surface area contributed by atoms with Gasteiger partial charge in [-0.3, -0.25) is 9.79 Å². The van der Waals surface area contributed by atoms with Crippen molar-refractivity contribution in [3.05, 3.63) is 48.0 Å². The third-order valence-electron chi connectivity index (χ3n) is 5.28. The van der Waals surface area contributed by atoms with Crippen molar-refractivity contribution in [2.75, 3.05) is 20.0 Å². The molecule has 1 unspecified atom stereocenters. The number of fused-ring (bicyclic) bond motifs is 1. The molecule has 0 saturated heterocycles. The molecule has 0 radical (unpaired) electrons. The Morgan fingerprint density at radius 1 is 1.09 bits per heavy atom. The van der Waals surface area contributed by atoms with Crippen LogP contribution in [0.5, 0.6) is 11.5 Å². The number of ether oxygens (including phenoxy) is 2. The van der Waals surface area contributed by atoms with Gasteiger partial charge in [0.2, 0.25) is 11.1 Å². The number of aromatic nitrogens is 4. The SMILES string of the molecule is CCC1=Nc2ccccc2N=C(NC(=O)CSc2nnnn2C)C1c1ccc(OC)c(OC)c1. The first kappa shape index (κ1) is 23.4. The highest BCUT2D eigenvalue weighted by Crippen LogP contribution is 2.37. The second-order valence-electron chi connectivity index (χ2n) is 7.41. The topological polar surface area (TPSA) is 116 Å². The number of nitrogens with zero attached hydrogens (tertiary/aromatic N) is 6. The van der Waals surface area contributed by atoms with Crippen molar-refractivity contribution >= 4 is 40.6 Å². The number of methoxy groups -OCH3 is 2. The van der Waals surface area contributed by atoms with Crippen LogP contribution in [0.3, 0.4) is 0 Å². The van der Waals surface area contributed by atoms with Crippen molar-refractivity contribution < 1.29 is 14.3 Å². The summed E-state index contributed by atoms with van der Waals surface area (Å²) in [5.41, 5.74) is 3.21. The first-order valence-electron chi connectivity index (χ1n) is 10.7. The van der Waals surface area contributed by atoms with Crippen LogP contribution in [0.4, 0.5) is 11.4 Å². The number of aliphatic imine (C=N–C) groups is 2. The fourth-order valence-electron chi connectivity index (χ4n) is 3.64. The van der Waals surface area contributed by atoms with Gasteiger partial charge in [-0.15, -0.1) is 5.10 Å². The molecule has 1 aromatic heterocycles. The molecule has 34 heavy (non-hydrogen) atoms. The zero-order chi connectivity index (χ0) is 24.1. The van der Waals surface area contributed by atoms with Crippen LogP contribution >= 0.6 is 11.8 Å². The lowest BCUT2D eigenvalue weighted by Gasteiger charge is -2.22. The van der Waals surface area contributed by atoms with E-state index in [1.54, 1.807) is 21.3 Å². The van der Waals surface area contributed by atoms with Crippen LogP contribution in [0.2, 0.25) is 0 Å². The number of carbonyl (C=O) groups excluding carboxylic acids is 1. The maximum absolute atomic E-state index is 13.0. The Morgan fingerprint density at radius 2 is 1.82 bits per heavy atom. The van der Waals surface area contributed by atoms with Crippen LogP contribution in [0, 0.1) is 0 Å². The maximum Gasteiger partial charge on any atom is 0.235 e. The number of amidine groups is 1. The lowest BCUT2D eigenvalue weighted by atomic mass is 9.90. The molecule has 1 aliphatic rings. The van der Waals surface area contributed by atoms with Crippen molar-refractivity contribution in [1.29, 1.82) is 0 Å². The predicted molar refractivity (Wildman–Crippen MR) is 131 cm³/mol. The summed E-state index contributed by atoms with van der Waals surface area (Å²) in [5, 5.41) is 14.9. The van der Waals surface area contributed by atoms with Gasteiger partial charge in [-0.25, -0.2) is 9.67 Å². The highest BCUT2D eigenvalue weighted by Gasteiger charge is 2.29. The molecule has 0 spiro atoms. The van der Waals surface area contributed by atoms with Crippen LogP contribution in [0.25, 0.3) is 0 Å². The smallest absolute Gasteiger partial charge is 0.235 e. The molecule has 0 bridgehead atoms. The second-order valence-corrected chi connectivity index (χ2v) is 8.35. The van der Waals surface area contributed by atoms with E-state index in [0.29, 0.717) is 34.6 Å². The molecule has 11 heteroatoms. The van der Waals surface area contributed by atoms with Gasteiger partial charge in [0.15, 0.2) is 11.5 Å². The van der Waals surface area contributed by atoms with Crippen LogP contribution in [-0.2, 0) is 11.8 Å². The molecule has 4 rings (SSSR count). The Labute approximate surface area is 201 Å². The van der Waals surface area contributed by atoms with E-state index in [4.69, 9.17) is 19.5 Å². The van der Waals surface area contributed by atoms with E-state index in [2.05, 4.69) is 20.8 Å². The van der Waals surface area contributed by atoms with Crippen LogP contribution in [0.15, 0.2) is 57.6 Å². The van der Waals surface area contributed by atoms with Gasteiger partial charge in [0.25, 0.3) is 0 Å². The third kappa shape index (κ3) is 4.93. The van der Waals surface area contributed by atoms with E-state index in [-0.39, 0.29) is 17.6 Å². The number of hydrogen-bond donors (Lipinski definition) is 1. The summed E-state index contributed by atoms with van der Waals surface area (Å²) in [6.07, 6.45) is 0.668. The number of rotatable bonds is 7. The molecule has 1 amide bonds. The van der Waals surface area contributed by atoms with Crippen molar-refractivity contribution in [3.63, 3.8) is 0 Å². The normalized spacial score (nSPS) is 15.0. The number of thioether (sulfide) groups is 1. The number of hydrogen-bond acceptors (Lipinski definition) is 9. The molecule has 1 N–H and O–H groups in total. The Hall–Kier alpha value is -3.73. The largest absolute Gasteiger partial charge is 0.493 e. The number of benzene rings is 2. The van der Waals surface area contributed by atoms with Gasteiger partial charge >= 0.3 is 0 Å². The summed E-state index contributed by atoms with van der Waals surface area (Å²) >= 11 is 1.25. The Kier molecular flexibility index (Phi) is 7.21. The van der Waals surface area contributed by atoms with Gasteiger partial charge in [0.1, 0.15) is 5.84 Å². The number of carbonyl (C=O) groups is 1. The minimum atomic E-state index is -0.373. The highest BCUT2D eigenvalue weighted by atomic mass is 32.2. The van der Waals surface area contributed by atoms with Crippen molar-refractivity contribution in [2.24, 2.45) is 17.0 Å². The summed E-state index contributed by atoms with van der Waals surface area (Å²) in [7, 11) is 4.91. The van der Waals surface area contributed by atoms with Gasteiger partial charge in [0.05, 0.1) is 37.3 Å². The summed E-state index contributed by atoms with van der Waals surface area (Å²) in [5.74, 6) is 1.25. The van der Waals surface area contributed by atoms with E-state index in [1.165, 1.54) is 16.4 Å². The average Bonchev–Trinajstić information content (AvgIpc) is 3.19.